The minimum absolute atomic E-state index is 0.0746. The molecule has 1 heterocycles. The molecular formula is C26H21NO5. The van der Waals surface area contributed by atoms with Gasteiger partial charge >= 0.3 is 11.6 Å². The maximum absolute atomic E-state index is 12.5. The minimum atomic E-state index is -0.754. The number of carbonyl (C=O) groups excluding carboxylic acids is 2. The van der Waals surface area contributed by atoms with E-state index in [4.69, 9.17) is 9.15 Å². The number of hydrogen-bond donors (Lipinski definition) is 1. The first-order chi connectivity index (χ1) is 15.4. The summed E-state index contributed by atoms with van der Waals surface area (Å²) < 4.78 is 10.7. The number of hydrogen-bond acceptors (Lipinski definition) is 5. The molecule has 0 aliphatic heterocycles. The molecule has 0 saturated carbocycles. The lowest BCUT2D eigenvalue weighted by molar-refractivity contribution is 0.0734. The van der Waals surface area contributed by atoms with E-state index < -0.39 is 17.5 Å². The first-order valence-corrected chi connectivity index (χ1v) is 10.2. The molecule has 3 aromatic carbocycles. The maximum Gasteiger partial charge on any atom is 0.349 e. The molecule has 0 fully saturated rings. The van der Waals surface area contributed by atoms with Crippen LogP contribution < -0.4 is 15.7 Å². The van der Waals surface area contributed by atoms with Crippen LogP contribution in [0.3, 0.4) is 0 Å². The zero-order valence-corrected chi connectivity index (χ0v) is 17.6. The van der Waals surface area contributed by atoms with Gasteiger partial charge < -0.3 is 14.5 Å². The Labute approximate surface area is 184 Å². The summed E-state index contributed by atoms with van der Waals surface area (Å²) in [5.74, 6) is -0.790. The summed E-state index contributed by atoms with van der Waals surface area (Å²) in [5, 5.41) is 3.21. The third-order valence-corrected chi connectivity index (χ3v) is 4.81. The highest BCUT2D eigenvalue weighted by molar-refractivity contribution is 5.97. The van der Waals surface area contributed by atoms with Gasteiger partial charge in [0.25, 0.3) is 5.91 Å². The number of carbonyl (C=O) groups is 2. The van der Waals surface area contributed by atoms with Crippen molar-refractivity contribution in [3.63, 3.8) is 0 Å². The molecular weight excluding hydrogens is 406 g/mol. The topological polar surface area (TPSA) is 85.6 Å². The van der Waals surface area contributed by atoms with Gasteiger partial charge in [0.15, 0.2) is 0 Å². The highest BCUT2D eigenvalue weighted by atomic mass is 16.5. The molecule has 32 heavy (non-hydrogen) atoms. The van der Waals surface area contributed by atoms with Crippen molar-refractivity contribution in [1.29, 1.82) is 0 Å². The number of fused-ring (bicyclic) bond motifs is 1. The van der Waals surface area contributed by atoms with Crippen LogP contribution in [0.5, 0.6) is 5.75 Å². The summed E-state index contributed by atoms with van der Waals surface area (Å²) in [6, 6.07) is 23.0. The third-order valence-electron chi connectivity index (χ3n) is 4.81. The smallest absolute Gasteiger partial charge is 0.349 e. The Hall–Kier alpha value is -4.19. The fraction of sp³-hybridized carbons (Fsp3) is 0.115. The molecule has 4 rings (SSSR count). The van der Waals surface area contributed by atoms with Crippen LogP contribution >= 0.6 is 0 Å². The van der Waals surface area contributed by atoms with Crippen molar-refractivity contribution < 1.29 is 18.7 Å². The number of nitrogens with one attached hydrogen (secondary N) is 1. The Morgan fingerprint density at radius 3 is 2.25 bits per heavy atom. The van der Waals surface area contributed by atoms with Crippen LogP contribution in [-0.4, -0.2) is 17.9 Å². The molecule has 0 aliphatic rings. The van der Waals surface area contributed by atoms with Crippen molar-refractivity contribution in [3.8, 4) is 16.9 Å². The van der Waals surface area contributed by atoms with Gasteiger partial charge in [0, 0.05) is 17.5 Å². The van der Waals surface area contributed by atoms with Gasteiger partial charge in [-0.2, -0.15) is 0 Å². The Bertz CT molecular complexity index is 1340. The number of ether oxygens (including phenoxy) is 1. The zero-order valence-electron chi connectivity index (χ0n) is 17.6. The number of amides is 1. The Balaban J connectivity index is 1.53. The van der Waals surface area contributed by atoms with Crippen LogP contribution in [0.15, 0.2) is 88.1 Å². The Morgan fingerprint density at radius 2 is 1.56 bits per heavy atom. The molecule has 0 radical (unpaired) electrons. The van der Waals surface area contributed by atoms with Gasteiger partial charge in [-0.3, -0.25) is 4.79 Å². The van der Waals surface area contributed by atoms with Crippen molar-refractivity contribution in [3.05, 3.63) is 100 Å². The van der Waals surface area contributed by atoms with E-state index >= 15 is 0 Å². The van der Waals surface area contributed by atoms with Crippen molar-refractivity contribution in [1.82, 2.24) is 5.32 Å². The number of rotatable bonds is 5. The molecule has 0 bridgehead atoms. The van der Waals surface area contributed by atoms with Gasteiger partial charge in [0.2, 0.25) is 0 Å². The number of esters is 1. The fourth-order valence-electron chi connectivity index (χ4n) is 3.25. The highest BCUT2D eigenvalue weighted by Gasteiger charge is 2.16. The average molecular weight is 427 g/mol. The molecule has 0 spiro atoms. The quantitative estimate of drug-likeness (QED) is 0.280. The molecule has 160 valence electrons. The molecule has 1 amide bonds. The van der Waals surface area contributed by atoms with Gasteiger partial charge in [-0.25, -0.2) is 9.59 Å². The standard InChI is InChI=1S/C26H21NO5/c1-16(2)27-24(28)22-14-20-12-13-21(15-23(20)32-26(22)30)31-25(29)19-10-8-18(9-11-19)17-6-4-3-5-7-17/h3-16H,1-2H3,(H,27,28). The number of benzene rings is 3. The Morgan fingerprint density at radius 1 is 0.875 bits per heavy atom. The predicted molar refractivity (Wildman–Crippen MR) is 122 cm³/mol. The molecule has 6 nitrogen and oxygen atoms in total. The maximum atomic E-state index is 12.5. The molecule has 0 unspecified atom stereocenters. The summed E-state index contributed by atoms with van der Waals surface area (Å²) in [6.07, 6.45) is 0. The van der Waals surface area contributed by atoms with Crippen LogP contribution in [0.25, 0.3) is 22.1 Å². The molecule has 0 saturated heterocycles. The van der Waals surface area contributed by atoms with Gasteiger partial charge in [-0.05, 0) is 55.3 Å². The van der Waals surface area contributed by atoms with E-state index in [0.717, 1.165) is 11.1 Å². The largest absolute Gasteiger partial charge is 0.423 e. The van der Waals surface area contributed by atoms with Crippen molar-refractivity contribution >= 4 is 22.8 Å². The monoisotopic (exact) mass is 427 g/mol. The summed E-state index contributed by atoms with van der Waals surface area (Å²) in [5.41, 5.74) is 1.84. The lowest BCUT2D eigenvalue weighted by atomic mass is 10.0. The van der Waals surface area contributed by atoms with E-state index in [-0.39, 0.29) is 22.9 Å². The van der Waals surface area contributed by atoms with Gasteiger partial charge in [-0.15, -0.1) is 0 Å². The van der Waals surface area contributed by atoms with Crippen molar-refractivity contribution in [2.75, 3.05) is 0 Å². The predicted octanol–water partition coefficient (Wildman–Crippen LogP) is 4.82. The summed E-state index contributed by atoms with van der Waals surface area (Å²) >= 11 is 0. The molecule has 6 heteroatoms. The lowest BCUT2D eigenvalue weighted by Crippen LogP contribution is -2.33. The van der Waals surface area contributed by atoms with E-state index in [2.05, 4.69) is 5.32 Å². The normalized spacial score (nSPS) is 10.8. The van der Waals surface area contributed by atoms with E-state index in [1.54, 1.807) is 38.1 Å². The first kappa shape index (κ1) is 21.1. The van der Waals surface area contributed by atoms with E-state index in [1.807, 2.05) is 42.5 Å². The molecule has 1 N–H and O–H groups in total. The second-order valence-electron chi connectivity index (χ2n) is 7.61. The molecule has 1 aromatic heterocycles. The van der Waals surface area contributed by atoms with Gasteiger partial charge in [-0.1, -0.05) is 42.5 Å². The van der Waals surface area contributed by atoms with Crippen molar-refractivity contribution in [2.24, 2.45) is 0 Å². The van der Waals surface area contributed by atoms with E-state index in [0.29, 0.717) is 10.9 Å². The zero-order chi connectivity index (χ0) is 22.7. The first-order valence-electron chi connectivity index (χ1n) is 10.2. The van der Waals surface area contributed by atoms with Crippen LogP contribution in [0.4, 0.5) is 0 Å². The summed E-state index contributed by atoms with van der Waals surface area (Å²) in [4.78, 5) is 36.9. The van der Waals surface area contributed by atoms with E-state index in [1.165, 1.54) is 12.1 Å². The van der Waals surface area contributed by atoms with Gasteiger partial charge in [0.05, 0.1) is 5.56 Å². The average Bonchev–Trinajstić information content (AvgIpc) is 2.78. The fourth-order valence-corrected chi connectivity index (χ4v) is 3.25. The second kappa shape index (κ2) is 8.89. The van der Waals surface area contributed by atoms with E-state index in [9.17, 15) is 14.4 Å². The van der Waals surface area contributed by atoms with Crippen LogP contribution in [0, 0.1) is 0 Å². The minimum Gasteiger partial charge on any atom is -0.423 e. The van der Waals surface area contributed by atoms with Gasteiger partial charge in [0.1, 0.15) is 16.9 Å². The van der Waals surface area contributed by atoms with Crippen LogP contribution in [-0.2, 0) is 0 Å². The lowest BCUT2D eigenvalue weighted by Gasteiger charge is -2.09. The molecule has 4 aromatic rings. The third kappa shape index (κ3) is 4.59. The summed E-state index contributed by atoms with van der Waals surface area (Å²) in [6.45, 7) is 3.60. The van der Waals surface area contributed by atoms with Crippen molar-refractivity contribution in [2.45, 2.75) is 19.9 Å². The Kier molecular flexibility index (Phi) is 5.85. The van der Waals surface area contributed by atoms with Crippen LogP contribution in [0.2, 0.25) is 0 Å². The summed E-state index contributed by atoms with van der Waals surface area (Å²) in [7, 11) is 0. The second-order valence-corrected chi connectivity index (χ2v) is 7.61. The van der Waals surface area contributed by atoms with Crippen LogP contribution in [0.1, 0.15) is 34.6 Å². The SMILES string of the molecule is CC(C)NC(=O)c1cc2ccc(OC(=O)c3ccc(-c4ccccc4)cc3)cc2oc1=O. The highest BCUT2D eigenvalue weighted by Crippen LogP contribution is 2.23. The molecule has 0 atom stereocenters. The molecule has 0 aliphatic carbocycles.